The molecule has 0 aromatic carbocycles. The summed E-state index contributed by atoms with van der Waals surface area (Å²) in [4.78, 5) is 15.9. The fourth-order valence-corrected chi connectivity index (χ4v) is 2.62. The summed E-state index contributed by atoms with van der Waals surface area (Å²) in [5.41, 5.74) is 0.896. The van der Waals surface area contributed by atoms with Crippen LogP contribution in [0.1, 0.15) is 28.4 Å². The van der Waals surface area contributed by atoms with Gasteiger partial charge in [0, 0.05) is 11.3 Å². The molecule has 0 bridgehead atoms. The number of aryl methyl sites for hydroxylation is 1. The molecular formula is C10H13NO2S. The van der Waals surface area contributed by atoms with Gasteiger partial charge >= 0.3 is 5.97 Å². The number of nitrogens with zero attached hydrogens (tertiary/aromatic N) is 1. The van der Waals surface area contributed by atoms with Gasteiger partial charge in [0.15, 0.2) is 0 Å². The van der Waals surface area contributed by atoms with E-state index in [9.17, 15) is 4.79 Å². The summed E-state index contributed by atoms with van der Waals surface area (Å²) in [5.74, 6) is 0.0490. The molecule has 0 unspecified atom stereocenters. The number of carbonyl (C=O) groups is 1. The van der Waals surface area contributed by atoms with Crippen molar-refractivity contribution >= 4 is 17.3 Å². The first kappa shape index (κ1) is 9.65. The Morgan fingerprint density at radius 1 is 1.64 bits per heavy atom. The van der Waals surface area contributed by atoms with Crippen molar-refractivity contribution in [2.75, 3.05) is 0 Å². The first-order valence-corrected chi connectivity index (χ1v) is 5.64. The van der Waals surface area contributed by atoms with Gasteiger partial charge in [0.05, 0.1) is 17.1 Å². The third kappa shape index (κ3) is 2.32. The fourth-order valence-electron chi connectivity index (χ4n) is 1.45. The molecule has 3 nitrogen and oxygen atoms in total. The Bertz CT molecular complexity index is 355. The summed E-state index contributed by atoms with van der Waals surface area (Å²) in [7, 11) is 0. The van der Waals surface area contributed by atoms with Crippen LogP contribution in [0, 0.1) is 12.8 Å². The number of hydrogen-bond acceptors (Lipinski definition) is 3. The predicted octanol–water partition coefficient (Wildman–Crippen LogP) is 2.03. The maximum atomic E-state index is 10.5. The summed E-state index contributed by atoms with van der Waals surface area (Å²) in [5, 5.41) is 9.79. The lowest BCUT2D eigenvalue weighted by atomic mass is 10.3. The van der Waals surface area contributed by atoms with Crippen LogP contribution in [0.15, 0.2) is 0 Å². The van der Waals surface area contributed by atoms with E-state index in [0.717, 1.165) is 27.9 Å². The number of carboxylic acid groups (broad SMARTS) is 1. The first-order valence-electron chi connectivity index (χ1n) is 4.82. The van der Waals surface area contributed by atoms with Crippen LogP contribution in [0.3, 0.4) is 0 Å². The van der Waals surface area contributed by atoms with Crippen LogP contribution < -0.4 is 0 Å². The van der Waals surface area contributed by atoms with Gasteiger partial charge in [0.1, 0.15) is 0 Å². The van der Waals surface area contributed by atoms with Gasteiger partial charge in [-0.1, -0.05) is 0 Å². The number of rotatable bonds is 4. The summed E-state index contributed by atoms with van der Waals surface area (Å²) in [6.45, 7) is 1.89. The van der Waals surface area contributed by atoms with Crippen LogP contribution in [0.25, 0.3) is 0 Å². The van der Waals surface area contributed by atoms with Crippen LogP contribution in [0.4, 0.5) is 0 Å². The zero-order chi connectivity index (χ0) is 10.1. The smallest absolute Gasteiger partial charge is 0.308 e. The molecule has 0 aliphatic heterocycles. The third-order valence-corrected chi connectivity index (χ3v) is 3.59. The van der Waals surface area contributed by atoms with E-state index in [1.54, 1.807) is 11.3 Å². The Kier molecular flexibility index (Phi) is 2.54. The molecule has 1 heterocycles. The number of hydrogen-bond donors (Lipinski definition) is 1. The number of aliphatic carboxylic acids is 1. The first-order chi connectivity index (χ1) is 6.65. The molecule has 0 amide bonds. The van der Waals surface area contributed by atoms with Crippen molar-refractivity contribution in [3.63, 3.8) is 0 Å². The molecule has 1 aromatic rings. The van der Waals surface area contributed by atoms with E-state index in [1.807, 2.05) is 6.92 Å². The van der Waals surface area contributed by atoms with E-state index in [4.69, 9.17) is 5.11 Å². The Labute approximate surface area is 86.8 Å². The lowest BCUT2D eigenvalue weighted by Gasteiger charge is -1.90. The van der Waals surface area contributed by atoms with E-state index in [-0.39, 0.29) is 6.42 Å². The van der Waals surface area contributed by atoms with Gasteiger partial charge in [-0.05, 0) is 25.7 Å². The van der Waals surface area contributed by atoms with Crippen molar-refractivity contribution < 1.29 is 9.90 Å². The van der Waals surface area contributed by atoms with Gasteiger partial charge in [0.25, 0.3) is 0 Å². The number of carboxylic acids is 1. The zero-order valence-corrected chi connectivity index (χ0v) is 8.93. The molecule has 0 saturated heterocycles. The molecule has 0 radical (unpaired) electrons. The van der Waals surface area contributed by atoms with E-state index < -0.39 is 5.97 Å². The summed E-state index contributed by atoms with van der Waals surface area (Å²) >= 11 is 1.56. The second kappa shape index (κ2) is 3.69. The minimum absolute atomic E-state index is 0.119. The minimum atomic E-state index is -0.769. The van der Waals surface area contributed by atoms with E-state index >= 15 is 0 Å². The normalized spacial score (nSPS) is 15.8. The van der Waals surface area contributed by atoms with Crippen molar-refractivity contribution in [3.05, 3.63) is 15.6 Å². The average Bonchev–Trinajstić information content (AvgIpc) is 2.79. The maximum Gasteiger partial charge on any atom is 0.308 e. The fraction of sp³-hybridized carbons (Fsp3) is 0.600. The molecule has 1 aliphatic carbocycles. The summed E-state index contributed by atoms with van der Waals surface area (Å²) in [6.07, 6.45) is 3.79. The highest BCUT2D eigenvalue weighted by atomic mass is 32.1. The topological polar surface area (TPSA) is 50.2 Å². The molecular weight excluding hydrogens is 198 g/mol. The quantitative estimate of drug-likeness (QED) is 0.829. The number of thiazole rings is 1. The largest absolute Gasteiger partial charge is 0.481 e. The highest BCUT2D eigenvalue weighted by Crippen LogP contribution is 2.34. The molecule has 4 heteroatoms. The molecule has 1 fully saturated rings. The van der Waals surface area contributed by atoms with E-state index in [2.05, 4.69) is 4.98 Å². The number of aromatic nitrogens is 1. The minimum Gasteiger partial charge on any atom is -0.481 e. The predicted molar refractivity (Wildman–Crippen MR) is 54.6 cm³/mol. The van der Waals surface area contributed by atoms with Crippen LogP contribution in [0.2, 0.25) is 0 Å². The highest BCUT2D eigenvalue weighted by Gasteiger charge is 2.23. The SMILES string of the molecule is Cc1nc(CC2CC2)sc1CC(=O)O. The van der Waals surface area contributed by atoms with Crippen molar-refractivity contribution in [2.45, 2.75) is 32.6 Å². The van der Waals surface area contributed by atoms with Gasteiger partial charge in [-0.2, -0.15) is 0 Å². The Balaban J connectivity index is 2.07. The molecule has 1 saturated carbocycles. The van der Waals surface area contributed by atoms with Crippen molar-refractivity contribution in [3.8, 4) is 0 Å². The van der Waals surface area contributed by atoms with Crippen LogP contribution in [0.5, 0.6) is 0 Å². The highest BCUT2D eigenvalue weighted by molar-refractivity contribution is 7.11. The molecule has 2 rings (SSSR count). The summed E-state index contributed by atoms with van der Waals surface area (Å²) in [6, 6.07) is 0. The van der Waals surface area contributed by atoms with Gasteiger partial charge in [-0.25, -0.2) is 4.98 Å². The second-order valence-electron chi connectivity index (χ2n) is 3.83. The third-order valence-electron chi connectivity index (χ3n) is 2.41. The summed E-state index contributed by atoms with van der Waals surface area (Å²) < 4.78 is 0. The van der Waals surface area contributed by atoms with Crippen molar-refractivity contribution in [2.24, 2.45) is 5.92 Å². The van der Waals surface area contributed by atoms with Gasteiger partial charge in [-0.15, -0.1) is 11.3 Å². The lowest BCUT2D eigenvalue weighted by Crippen LogP contribution is -1.99. The Morgan fingerprint density at radius 2 is 2.36 bits per heavy atom. The molecule has 1 aliphatic rings. The molecule has 1 N–H and O–H groups in total. The molecule has 14 heavy (non-hydrogen) atoms. The van der Waals surface area contributed by atoms with Crippen LogP contribution in [-0.2, 0) is 17.6 Å². The van der Waals surface area contributed by atoms with Gasteiger partial charge < -0.3 is 5.11 Å². The molecule has 76 valence electrons. The zero-order valence-electron chi connectivity index (χ0n) is 8.12. The standard InChI is InChI=1S/C10H13NO2S/c1-6-8(5-10(12)13)14-9(11-6)4-7-2-3-7/h7H,2-5H2,1H3,(H,12,13). The molecule has 1 aromatic heterocycles. The van der Waals surface area contributed by atoms with E-state index in [0.29, 0.717) is 0 Å². The molecule has 0 atom stereocenters. The average molecular weight is 211 g/mol. The van der Waals surface area contributed by atoms with Gasteiger partial charge in [-0.3, -0.25) is 4.79 Å². The Morgan fingerprint density at radius 3 is 2.93 bits per heavy atom. The van der Waals surface area contributed by atoms with Crippen molar-refractivity contribution in [1.29, 1.82) is 0 Å². The monoisotopic (exact) mass is 211 g/mol. The van der Waals surface area contributed by atoms with Crippen LogP contribution in [-0.4, -0.2) is 16.1 Å². The Hall–Kier alpha value is -0.900. The molecule has 0 spiro atoms. The van der Waals surface area contributed by atoms with Gasteiger partial charge in [0.2, 0.25) is 0 Å². The lowest BCUT2D eigenvalue weighted by molar-refractivity contribution is -0.136. The van der Waals surface area contributed by atoms with Crippen molar-refractivity contribution in [1.82, 2.24) is 4.98 Å². The second-order valence-corrected chi connectivity index (χ2v) is 5.00. The van der Waals surface area contributed by atoms with E-state index in [1.165, 1.54) is 12.8 Å². The van der Waals surface area contributed by atoms with Crippen LogP contribution >= 0.6 is 11.3 Å². The maximum absolute atomic E-state index is 10.5.